The van der Waals surface area contributed by atoms with Crippen LogP contribution in [0.5, 0.6) is 0 Å². The fraction of sp³-hybridized carbons (Fsp3) is 0.529. The third kappa shape index (κ3) is 3.77. The summed E-state index contributed by atoms with van der Waals surface area (Å²) in [7, 11) is 0. The largest absolute Gasteiger partial charge is 0.396 e. The smallest absolute Gasteiger partial charge is 0.0434 e. The van der Waals surface area contributed by atoms with Gasteiger partial charge >= 0.3 is 0 Å². The van der Waals surface area contributed by atoms with Crippen molar-refractivity contribution in [1.29, 1.82) is 0 Å². The van der Waals surface area contributed by atoms with Crippen molar-refractivity contribution in [2.75, 3.05) is 13.2 Å². The third-order valence-electron chi connectivity index (χ3n) is 4.13. The van der Waals surface area contributed by atoms with Gasteiger partial charge in [0.1, 0.15) is 0 Å². The number of aliphatic hydroxyl groups excluding tert-OH is 2. The van der Waals surface area contributed by atoms with Crippen LogP contribution in [-0.4, -0.2) is 33.4 Å². The van der Waals surface area contributed by atoms with Crippen molar-refractivity contribution in [2.45, 2.75) is 46.0 Å². The van der Waals surface area contributed by atoms with Crippen LogP contribution in [0.25, 0.3) is 0 Å². The Morgan fingerprint density at radius 3 is 1.62 bits per heavy atom. The Balaban J connectivity index is 2.18. The Hall–Kier alpha value is -1.52. The Bertz CT molecular complexity index is 519. The van der Waals surface area contributed by atoms with Crippen molar-refractivity contribution in [2.24, 2.45) is 0 Å². The zero-order valence-electron chi connectivity index (χ0n) is 13.0. The van der Waals surface area contributed by atoms with Gasteiger partial charge in [-0.2, -0.15) is 0 Å². The molecular formula is C17H26N2O2. The third-order valence-corrected chi connectivity index (χ3v) is 4.13. The Labute approximate surface area is 126 Å². The minimum absolute atomic E-state index is 0.230. The molecule has 4 heteroatoms. The van der Waals surface area contributed by atoms with Crippen molar-refractivity contribution in [3.63, 3.8) is 0 Å². The van der Waals surface area contributed by atoms with Gasteiger partial charge in [0, 0.05) is 43.4 Å². The molecule has 0 atom stereocenters. The summed E-state index contributed by atoms with van der Waals surface area (Å²) in [6, 6.07) is 0. The molecular weight excluding hydrogens is 264 g/mol. The predicted molar refractivity (Wildman–Crippen MR) is 84.7 cm³/mol. The number of aromatic nitrogens is 2. The number of aliphatic hydroxyl groups is 2. The molecule has 2 aromatic rings. The van der Waals surface area contributed by atoms with E-state index in [2.05, 4.69) is 23.8 Å². The molecule has 2 heterocycles. The van der Waals surface area contributed by atoms with Crippen LogP contribution in [0.1, 0.15) is 46.5 Å². The van der Waals surface area contributed by atoms with Gasteiger partial charge in [-0.15, -0.1) is 0 Å². The highest BCUT2D eigenvalue weighted by Gasteiger charge is 2.13. The van der Waals surface area contributed by atoms with Crippen molar-refractivity contribution in [3.8, 4) is 0 Å². The summed E-state index contributed by atoms with van der Waals surface area (Å²) in [6.07, 6.45) is 8.36. The van der Waals surface area contributed by atoms with Crippen LogP contribution < -0.4 is 0 Å². The Kier molecular flexibility index (Phi) is 5.65. The Morgan fingerprint density at radius 2 is 1.24 bits per heavy atom. The average Bonchev–Trinajstić information content (AvgIpc) is 2.99. The number of rotatable bonds is 8. The molecule has 4 nitrogen and oxygen atoms in total. The first-order valence-corrected chi connectivity index (χ1v) is 7.70. The molecule has 116 valence electrons. The molecule has 0 fully saturated rings. The van der Waals surface area contributed by atoms with Crippen molar-refractivity contribution in [3.05, 3.63) is 46.0 Å². The molecule has 0 spiro atoms. The second-order valence-corrected chi connectivity index (χ2v) is 5.69. The molecule has 0 radical (unpaired) electrons. The lowest BCUT2D eigenvalue weighted by Gasteiger charge is -2.08. The molecule has 21 heavy (non-hydrogen) atoms. The molecule has 2 aromatic heterocycles. The molecule has 4 N–H and O–H groups in total. The van der Waals surface area contributed by atoms with Crippen LogP contribution in [0.2, 0.25) is 0 Å². The van der Waals surface area contributed by atoms with Gasteiger partial charge in [0.2, 0.25) is 0 Å². The molecule has 0 saturated heterocycles. The summed E-state index contributed by atoms with van der Waals surface area (Å²) in [5, 5.41) is 18.1. The first-order valence-electron chi connectivity index (χ1n) is 7.70. The van der Waals surface area contributed by atoms with E-state index in [1.807, 2.05) is 12.4 Å². The minimum Gasteiger partial charge on any atom is -0.396 e. The van der Waals surface area contributed by atoms with Crippen LogP contribution >= 0.6 is 0 Å². The summed E-state index contributed by atoms with van der Waals surface area (Å²) in [5.41, 5.74) is 7.63. The lowest BCUT2D eigenvalue weighted by atomic mass is 10.00. The summed E-state index contributed by atoms with van der Waals surface area (Å²) in [6.45, 7) is 4.68. The molecule has 2 rings (SSSR count). The number of hydrogen-bond acceptors (Lipinski definition) is 2. The average molecular weight is 290 g/mol. The quantitative estimate of drug-likeness (QED) is 0.603. The number of nitrogens with one attached hydrogen (secondary N) is 2. The topological polar surface area (TPSA) is 72.0 Å². The van der Waals surface area contributed by atoms with Crippen molar-refractivity contribution < 1.29 is 10.2 Å². The second kappa shape index (κ2) is 7.48. The van der Waals surface area contributed by atoms with Gasteiger partial charge in [0.25, 0.3) is 0 Å². The van der Waals surface area contributed by atoms with E-state index >= 15 is 0 Å². The maximum absolute atomic E-state index is 9.04. The van der Waals surface area contributed by atoms with Gasteiger partial charge in [0.05, 0.1) is 0 Å². The van der Waals surface area contributed by atoms with Gasteiger partial charge in [-0.25, -0.2) is 0 Å². The highest BCUT2D eigenvalue weighted by Crippen LogP contribution is 2.22. The molecule has 0 amide bonds. The molecule has 0 aliphatic rings. The molecule has 0 aliphatic carbocycles. The van der Waals surface area contributed by atoms with Crippen LogP contribution in [0.4, 0.5) is 0 Å². The van der Waals surface area contributed by atoms with Gasteiger partial charge in [-0.3, -0.25) is 0 Å². The first kappa shape index (κ1) is 15.9. The maximum atomic E-state index is 9.04. The highest BCUT2D eigenvalue weighted by atomic mass is 16.3. The van der Waals surface area contributed by atoms with E-state index in [4.69, 9.17) is 10.2 Å². The number of aromatic amines is 2. The standard InChI is InChI=1S/C17H26N2O2/c1-12-10-18-16(14(12)5-3-7-20)9-17-15(6-4-8-21)13(2)11-19-17/h10-11,18-21H,3-9H2,1-2H3. The van der Waals surface area contributed by atoms with Crippen LogP contribution in [0.15, 0.2) is 12.4 Å². The van der Waals surface area contributed by atoms with E-state index in [0.29, 0.717) is 0 Å². The SMILES string of the molecule is Cc1c[nH]c(Cc2[nH]cc(C)c2CCCO)c1CCCO. The van der Waals surface area contributed by atoms with Crippen LogP contribution in [-0.2, 0) is 19.3 Å². The van der Waals surface area contributed by atoms with E-state index in [9.17, 15) is 0 Å². The normalized spacial score (nSPS) is 11.2. The lowest BCUT2D eigenvalue weighted by Crippen LogP contribution is -2.01. The van der Waals surface area contributed by atoms with Gasteiger partial charge in [-0.1, -0.05) is 0 Å². The van der Waals surface area contributed by atoms with Crippen LogP contribution in [0.3, 0.4) is 0 Å². The second-order valence-electron chi connectivity index (χ2n) is 5.69. The van der Waals surface area contributed by atoms with Crippen molar-refractivity contribution >= 4 is 0 Å². The van der Waals surface area contributed by atoms with E-state index < -0.39 is 0 Å². The number of hydrogen-bond donors (Lipinski definition) is 4. The lowest BCUT2D eigenvalue weighted by molar-refractivity contribution is 0.288. The molecule has 0 aliphatic heterocycles. The molecule has 0 bridgehead atoms. The molecule has 0 unspecified atom stereocenters. The number of aryl methyl sites for hydroxylation is 2. The zero-order valence-corrected chi connectivity index (χ0v) is 13.0. The fourth-order valence-corrected chi connectivity index (χ4v) is 2.92. The first-order chi connectivity index (χ1) is 10.2. The summed E-state index contributed by atoms with van der Waals surface area (Å²) in [4.78, 5) is 6.75. The van der Waals surface area contributed by atoms with E-state index in [1.165, 1.54) is 33.6 Å². The monoisotopic (exact) mass is 290 g/mol. The minimum atomic E-state index is 0.230. The fourth-order valence-electron chi connectivity index (χ4n) is 2.92. The zero-order chi connectivity index (χ0) is 15.2. The summed E-state index contributed by atoms with van der Waals surface area (Å²) < 4.78 is 0. The van der Waals surface area contributed by atoms with Crippen molar-refractivity contribution in [1.82, 2.24) is 9.97 Å². The van der Waals surface area contributed by atoms with Gasteiger partial charge in [0.15, 0.2) is 0 Å². The highest BCUT2D eigenvalue weighted by molar-refractivity contribution is 5.37. The van der Waals surface area contributed by atoms with E-state index in [-0.39, 0.29) is 13.2 Å². The Morgan fingerprint density at radius 1 is 0.810 bits per heavy atom. The molecule has 0 saturated carbocycles. The van der Waals surface area contributed by atoms with Gasteiger partial charge in [-0.05, 0) is 61.8 Å². The van der Waals surface area contributed by atoms with E-state index in [0.717, 1.165) is 32.1 Å². The summed E-state index contributed by atoms with van der Waals surface area (Å²) >= 11 is 0. The molecule has 0 aromatic carbocycles. The number of H-pyrrole nitrogens is 2. The van der Waals surface area contributed by atoms with E-state index in [1.54, 1.807) is 0 Å². The van der Waals surface area contributed by atoms with Gasteiger partial charge < -0.3 is 20.2 Å². The van der Waals surface area contributed by atoms with Crippen LogP contribution in [0, 0.1) is 13.8 Å². The predicted octanol–water partition coefficient (Wildman–Crippen LogP) is 2.40. The summed E-state index contributed by atoms with van der Waals surface area (Å²) in [5.74, 6) is 0. The maximum Gasteiger partial charge on any atom is 0.0434 e.